The van der Waals surface area contributed by atoms with Crippen LogP contribution in [0.5, 0.6) is 0 Å². The number of nitrogens with one attached hydrogen (secondary N) is 2. The highest BCUT2D eigenvalue weighted by Crippen LogP contribution is 2.32. The number of oxazole rings is 1. The Bertz CT molecular complexity index is 1120. The van der Waals surface area contributed by atoms with E-state index in [-0.39, 0.29) is 29.2 Å². The van der Waals surface area contributed by atoms with Crippen LogP contribution in [0.3, 0.4) is 0 Å². The molecule has 162 valence electrons. The SMILES string of the molecule is C=C(CN(C)C)C(=O)NCc1coc(-c2c(N)ncnc2Nc2ccc(F)c(Cl)c2)n1. The van der Waals surface area contributed by atoms with E-state index in [1.54, 1.807) is 0 Å². The molecule has 0 spiro atoms. The van der Waals surface area contributed by atoms with Crippen molar-refractivity contribution in [3.8, 4) is 11.5 Å². The Morgan fingerprint density at radius 2 is 2.13 bits per heavy atom. The van der Waals surface area contributed by atoms with Gasteiger partial charge in [0.1, 0.15) is 35.6 Å². The van der Waals surface area contributed by atoms with Crippen LogP contribution in [0.15, 0.2) is 47.4 Å². The first kappa shape index (κ1) is 22.2. The Morgan fingerprint density at radius 3 is 2.84 bits per heavy atom. The molecule has 2 heterocycles. The smallest absolute Gasteiger partial charge is 0.248 e. The lowest BCUT2D eigenvalue weighted by molar-refractivity contribution is -0.117. The van der Waals surface area contributed by atoms with Gasteiger partial charge in [-0.05, 0) is 32.3 Å². The lowest BCUT2D eigenvalue weighted by Gasteiger charge is -2.11. The fraction of sp³-hybridized carbons (Fsp3) is 0.200. The summed E-state index contributed by atoms with van der Waals surface area (Å²) in [5, 5.41) is 5.69. The lowest BCUT2D eigenvalue weighted by atomic mass is 10.2. The summed E-state index contributed by atoms with van der Waals surface area (Å²) >= 11 is 5.84. The van der Waals surface area contributed by atoms with Crippen molar-refractivity contribution < 1.29 is 13.6 Å². The maximum Gasteiger partial charge on any atom is 0.248 e. The first-order valence-electron chi connectivity index (χ1n) is 9.12. The summed E-state index contributed by atoms with van der Waals surface area (Å²) in [6, 6.07) is 4.14. The van der Waals surface area contributed by atoms with Gasteiger partial charge < -0.3 is 25.7 Å². The number of hydrogen-bond acceptors (Lipinski definition) is 8. The molecule has 0 aliphatic carbocycles. The molecule has 4 N–H and O–H groups in total. The summed E-state index contributed by atoms with van der Waals surface area (Å²) in [6.07, 6.45) is 2.67. The predicted octanol–water partition coefficient (Wildman–Crippen LogP) is 2.98. The number of aromatic nitrogens is 3. The molecule has 1 amide bonds. The number of rotatable bonds is 8. The zero-order valence-corrected chi connectivity index (χ0v) is 17.7. The molecule has 0 atom stereocenters. The third kappa shape index (κ3) is 5.56. The van der Waals surface area contributed by atoms with E-state index >= 15 is 0 Å². The van der Waals surface area contributed by atoms with Crippen LogP contribution in [0.2, 0.25) is 5.02 Å². The number of carbonyl (C=O) groups is 1. The molecule has 31 heavy (non-hydrogen) atoms. The highest BCUT2D eigenvalue weighted by Gasteiger charge is 2.18. The van der Waals surface area contributed by atoms with Crippen LogP contribution in [0.1, 0.15) is 5.69 Å². The summed E-state index contributed by atoms with van der Waals surface area (Å²) in [6.45, 7) is 4.34. The first-order valence-corrected chi connectivity index (χ1v) is 9.50. The van der Waals surface area contributed by atoms with Gasteiger partial charge in [-0.25, -0.2) is 19.3 Å². The molecule has 0 unspecified atom stereocenters. The number of carbonyl (C=O) groups excluding carboxylic acids is 1. The van der Waals surface area contributed by atoms with Crippen molar-refractivity contribution in [3.63, 3.8) is 0 Å². The number of amides is 1. The van der Waals surface area contributed by atoms with Gasteiger partial charge in [-0.2, -0.15) is 0 Å². The van der Waals surface area contributed by atoms with Gasteiger partial charge in [0.2, 0.25) is 11.8 Å². The number of benzene rings is 1. The minimum atomic E-state index is -0.540. The average Bonchev–Trinajstić information content (AvgIpc) is 3.17. The van der Waals surface area contributed by atoms with Crippen molar-refractivity contribution in [2.24, 2.45) is 0 Å². The first-order chi connectivity index (χ1) is 14.7. The average molecular weight is 446 g/mol. The molecule has 3 aromatic rings. The number of nitrogens with zero attached hydrogens (tertiary/aromatic N) is 4. The molecule has 11 heteroatoms. The quantitative estimate of drug-likeness (QED) is 0.452. The second-order valence-electron chi connectivity index (χ2n) is 6.90. The molecule has 0 radical (unpaired) electrons. The number of nitrogens with two attached hydrogens (primary N) is 1. The largest absolute Gasteiger partial charge is 0.444 e. The third-order valence-corrected chi connectivity index (χ3v) is 4.37. The van der Waals surface area contributed by atoms with Gasteiger partial charge in [0, 0.05) is 17.8 Å². The van der Waals surface area contributed by atoms with Crippen molar-refractivity contribution in [1.29, 1.82) is 0 Å². The van der Waals surface area contributed by atoms with Crippen molar-refractivity contribution >= 4 is 34.8 Å². The van der Waals surface area contributed by atoms with Crippen LogP contribution in [-0.2, 0) is 11.3 Å². The van der Waals surface area contributed by atoms with Crippen LogP contribution in [0, 0.1) is 5.82 Å². The van der Waals surface area contributed by atoms with Crippen LogP contribution in [0.4, 0.5) is 21.7 Å². The van der Waals surface area contributed by atoms with Gasteiger partial charge >= 0.3 is 0 Å². The standard InChI is InChI=1S/C20H21ClFN7O2/c1-11(8-29(2)3)19(30)24-7-13-9-31-20(28-13)16-17(23)25-10-26-18(16)27-12-4-5-15(22)14(21)6-12/h4-6,9-10H,1,7-8H2,2-3H3,(H,24,30)(H3,23,25,26,27). The summed E-state index contributed by atoms with van der Waals surface area (Å²) in [7, 11) is 3.69. The van der Waals surface area contributed by atoms with Crippen molar-refractivity contribution in [2.45, 2.75) is 6.54 Å². The minimum Gasteiger partial charge on any atom is -0.444 e. The zero-order chi connectivity index (χ0) is 22.5. The normalized spacial score (nSPS) is 10.9. The van der Waals surface area contributed by atoms with Crippen LogP contribution in [0.25, 0.3) is 11.5 Å². The topological polar surface area (TPSA) is 122 Å². The van der Waals surface area contributed by atoms with Gasteiger partial charge in [0.25, 0.3) is 0 Å². The number of likely N-dealkylation sites (N-methyl/N-ethyl adjacent to an activating group) is 1. The maximum atomic E-state index is 13.4. The van der Waals surface area contributed by atoms with E-state index in [9.17, 15) is 9.18 Å². The highest BCUT2D eigenvalue weighted by atomic mass is 35.5. The van der Waals surface area contributed by atoms with Gasteiger partial charge in [-0.15, -0.1) is 0 Å². The molecule has 1 aromatic carbocycles. The number of hydrogen-bond donors (Lipinski definition) is 3. The third-order valence-electron chi connectivity index (χ3n) is 4.08. The Kier molecular flexibility index (Phi) is 6.83. The van der Waals surface area contributed by atoms with E-state index in [0.717, 1.165) is 0 Å². The van der Waals surface area contributed by atoms with Gasteiger partial charge in [-0.3, -0.25) is 4.79 Å². The monoisotopic (exact) mass is 445 g/mol. The van der Waals surface area contributed by atoms with E-state index in [0.29, 0.717) is 34.9 Å². The Morgan fingerprint density at radius 1 is 1.35 bits per heavy atom. The molecule has 0 saturated carbocycles. The molecule has 3 rings (SSSR count). The van der Waals surface area contributed by atoms with Gasteiger partial charge in [0.15, 0.2) is 0 Å². The van der Waals surface area contributed by atoms with Gasteiger partial charge in [0.05, 0.1) is 17.3 Å². The molecule has 0 aliphatic rings. The molecule has 0 saturated heterocycles. The van der Waals surface area contributed by atoms with Crippen molar-refractivity contribution in [2.75, 3.05) is 31.7 Å². The predicted molar refractivity (Wildman–Crippen MR) is 116 cm³/mol. The van der Waals surface area contributed by atoms with E-state index in [4.69, 9.17) is 21.8 Å². The van der Waals surface area contributed by atoms with Gasteiger partial charge in [-0.1, -0.05) is 18.2 Å². The van der Waals surface area contributed by atoms with E-state index < -0.39 is 5.82 Å². The summed E-state index contributed by atoms with van der Waals surface area (Å²) in [5.41, 5.74) is 7.72. The van der Waals surface area contributed by atoms with Crippen LogP contribution in [-0.4, -0.2) is 46.4 Å². The number of nitrogen functional groups attached to an aromatic ring is 1. The molecular weight excluding hydrogens is 425 g/mol. The second kappa shape index (κ2) is 9.54. The maximum absolute atomic E-state index is 13.4. The van der Waals surface area contributed by atoms with Crippen LogP contribution < -0.4 is 16.4 Å². The number of anilines is 3. The van der Waals surface area contributed by atoms with Crippen molar-refractivity contribution in [1.82, 2.24) is 25.2 Å². The molecule has 2 aromatic heterocycles. The summed E-state index contributed by atoms with van der Waals surface area (Å²) in [4.78, 5) is 26.5. The second-order valence-corrected chi connectivity index (χ2v) is 7.31. The number of halogens is 2. The zero-order valence-electron chi connectivity index (χ0n) is 16.9. The molecular formula is C20H21ClFN7O2. The Labute approximate surface area is 183 Å². The fourth-order valence-electron chi connectivity index (χ4n) is 2.67. The van der Waals surface area contributed by atoms with E-state index in [2.05, 4.69) is 32.2 Å². The van der Waals surface area contributed by atoms with Crippen LogP contribution >= 0.6 is 11.6 Å². The highest BCUT2D eigenvalue weighted by molar-refractivity contribution is 6.31. The van der Waals surface area contributed by atoms with E-state index in [1.165, 1.54) is 30.8 Å². The molecule has 9 nitrogen and oxygen atoms in total. The molecule has 0 bridgehead atoms. The van der Waals surface area contributed by atoms with Crippen molar-refractivity contribution in [3.05, 3.63) is 59.5 Å². The van der Waals surface area contributed by atoms with E-state index in [1.807, 2.05) is 19.0 Å². The molecule has 0 aliphatic heterocycles. The summed E-state index contributed by atoms with van der Waals surface area (Å²) < 4.78 is 19.0. The molecule has 0 fully saturated rings. The fourth-order valence-corrected chi connectivity index (χ4v) is 2.85. The lowest BCUT2D eigenvalue weighted by Crippen LogP contribution is -2.29. The summed E-state index contributed by atoms with van der Waals surface area (Å²) in [5.74, 6) is -0.238. The Balaban J connectivity index is 1.77. The minimum absolute atomic E-state index is 0.0430. The Hall–Kier alpha value is -3.50.